The van der Waals surface area contributed by atoms with Crippen LogP contribution >= 0.6 is 0 Å². The van der Waals surface area contributed by atoms with Crippen molar-refractivity contribution < 1.29 is 4.39 Å². The lowest BCUT2D eigenvalue weighted by Crippen LogP contribution is -2.39. The number of aromatic nitrogens is 8. The van der Waals surface area contributed by atoms with Crippen molar-refractivity contribution in [3.05, 3.63) is 57.2 Å². The highest BCUT2D eigenvalue weighted by molar-refractivity contribution is 5.69. The SMILES string of the molecule is Cn1cnc2c1c(=O)n(CCCn1nnc(-c3ccc(F)cc3)n1)c(=O)n2C. The van der Waals surface area contributed by atoms with Gasteiger partial charge in [-0.2, -0.15) is 4.80 Å². The summed E-state index contributed by atoms with van der Waals surface area (Å²) in [6.07, 6.45) is 1.96. The molecular formula is C17H17FN8O2. The molecule has 4 aromatic rings. The van der Waals surface area contributed by atoms with Crippen molar-refractivity contribution in [1.29, 1.82) is 0 Å². The van der Waals surface area contributed by atoms with Gasteiger partial charge in [-0.05, 0) is 35.9 Å². The van der Waals surface area contributed by atoms with Crippen molar-refractivity contribution in [2.45, 2.75) is 19.5 Å². The van der Waals surface area contributed by atoms with E-state index in [4.69, 9.17) is 0 Å². The Morgan fingerprint density at radius 3 is 2.57 bits per heavy atom. The van der Waals surface area contributed by atoms with Gasteiger partial charge in [0.15, 0.2) is 11.2 Å². The number of fused-ring (bicyclic) bond motifs is 1. The van der Waals surface area contributed by atoms with Crippen LogP contribution < -0.4 is 11.2 Å². The Balaban J connectivity index is 1.52. The fraction of sp³-hybridized carbons (Fsp3) is 0.294. The summed E-state index contributed by atoms with van der Waals surface area (Å²) >= 11 is 0. The van der Waals surface area contributed by atoms with Crippen LogP contribution in [0.1, 0.15) is 6.42 Å². The Hall–Kier alpha value is -3.63. The molecule has 0 bridgehead atoms. The number of rotatable bonds is 5. The summed E-state index contributed by atoms with van der Waals surface area (Å²) in [5.41, 5.74) is 0.584. The highest BCUT2D eigenvalue weighted by Gasteiger charge is 2.14. The first-order chi connectivity index (χ1) is 13.5. The molecule has 0 aliphatic carbocycles. The fourth-order valence-electron chi connectivity index (χ4n) is 3.02. The van der Waals surface area contributed by atoms with Crippen molar-refractivity contribution in [2.24, 2.45) is 14.1 Å². The minimum Gasteiger partial charge on any atom is -0.328 e. The molecular weight excluding hydrogens is 367 g/mol. The molecule has 11 heteroatoms. The van der Waals surface area contributed by atoms with E-state index in [9.17, 15) is 14.0 Å². The average Bonchev–Trinajstić information content (AvgIpc) is 3.30. The first kappa shape index (κ1) is 17.8. The highest BCUT2D eigenvalue weighted by Crippen LogP contribution is 2.13. The Labute approximate surface area is 157 Å². The summed E-state index contributed by atoms with van der Waals surface area (Å²) in [6, 6.07) is 5.80. The molecule has 0 aliphatic heterocycles. The van der Waals surface area contributed by atoms with Crippen LogP contribution in [0.25, 0.3) is 22.6 Å². The number of halogens is 1. The van der Waals surface area contributed by atoms with Crippen LogP contribution in [-0.4, -0.2) is 38.9 Å². The molecule has 3 aromatic heterocycles. The molecule has 10 nitrogen and oxygen atoms in total. The molecule has 4 rings (SSSR count). The van der Waals surface area contributed by atoms with Crippen molar-refractivity contribution in [3.63, 3.8) is 0 Å². The van der Waals surface area contributed by atoms with E-state index in [0.29, 0.717) is 35.5 Å². The van der Waals surface area contributed by atoms with E-state index >= 15 is 0 Å². The molecule has 1 aromatic carbocycles. The highest BCUT2D eigenvalue weighted by atomic mass is 19.1. The van der Waals surface area contributed by atoms with E-state index < -0.39 is 5.69 Å². The van der Waals surface area contributed by atoms with E-state index in [1.807, 2.05) is 0 Å². The summed E-state index contributed by atoms with van der Waals surface area (Å²) in [5.74, 6) is 0.0398. The van der Waals surface area contributed by atoms with Gasteiger partial charge in [-0.3, -0.25) is 13.9 Å². The minimum atomic E-state index is -0.422. The van der Waals surface area contributed by atoms with Crippen molar-refractivity contribution in [2.75, 3.05) is 0 Å². The van der Waals surface area contributed by atoms with Crippen LogP contribution in [0.4, 0.5) is 4.39 Å². The van der Waals surface area contributed by atoms with E-state index in [0.717, 1.165) is 0 Å². The molecule has 0 saturated heterocycles. The van der Waals surface area contributed by atoms with Gasteiger partial charge in [-0.1, -0.05) is 0 Å². The van der Waals surface area contributed by atoms with Gasteiger partial charge in [0.25, 0.3) is 5.56 Å². The lowest BCUT2D eigenvalue weighted by atomic mass is 10.2. The van der Waals surface area contributed by atoms with Gasteiger partial charge in [0.1, 0.15) is 5.82 Å². The molecule has 0 N–H and O–H groups in total. The van der Waals surface area contributed by atoms with Crippen LogP contribution in [-0.2, 0) is 27.2 Å². The number of aryl methyl sites for hydroxylation is 3. The lowest BCUT2D eigenvalue weighted by molar-refractivity contribution is 0.457. The quantitative estimate of drug-likeness (QED) is 0.491. The van der Waals surface area contributed by atoms with Gasteiger partial charge in [0, 0.05) is 26.2 Å². The Morgan fingerprint density at radius 1 is 1.07 bits per heavy atom. The fourth-order valence-corrected chi connectivity index (χ4v) is 3.02. The molecule has 0 fully saturated rings. The van der Waals surface area contributed by atoms with Gasteiger partial charge < -0.3 is 4.57 Å². The summed E-state index contributed by atoms with van der Waals surface area (Å²) in [6.45, 7) is 0.577. The summed E-state index contributed by atoms with van der Waals surface area (Å²) in [4.78, 5) is 30.6. The lowest BCUT2D eigenvalue weighted by Gasteiger charge is -2.08. The van der Waals surface area contributed by atoms with Crippen LogP contribution in [0.3, 0.4) is 0 Å². The Morgan fingerprint density at radius 2 is 1.82 bits per heavy atom. The first-order valence-corrected chi connectivity index (χ1v) is 8.60. The normalized spacial score (nSPS) is 11.4. The zero-order valence-electron chi connectivity index (χ0n) is 15.3. The third kappa shape index (κ3) is 3.00. The van der Waals surface area contributed by atoms with E-state index in [1.165, 1.54) is 32.4 Å². The van der Waals surface area contributed by atoms with Crippen LogP contribution in [0.2, 0.25) is 0 Å². The van der Waals surface area contributed by atoms with Crippen LogP contribution in [0, 0.1) is 5.82 Å². The predicted octanol–water partition coefficient (Wildman–Crippen LogP) is 0.317. The maximum absolute atomic E-state index is 13.0. The zero-order valence-corrected chi connectivity index (χ0v) is 15.3. The zero-order chi connectivity index (χ0) is 19.8. The van der Waals surface area contributed by atoms with E-state index in [-0.39, 0.29) is 17.9 Å². The summed E-state index contributed by atoms with van der Waals surface area (Å²) < 4.78 is 17.1. The molecule has 28 heavy (non-hydrogen) atoms. The van der Waals surface area contributed by atoms with Crippen molar-refractivity contribution in [1.82, 2.24) is 38.9 Å². The van der Waals surface area contributed by atoms with E-state index in [1.54, 1.807) is 30.8 Å². The van der Waals surface area contributed by atoms with Crippen molar-refractivity contribution >= 4 is 11.2 Å². The van der Waals surface area contributed by atoms with Gasteiger partial charge in [0.05, 0.1) is 12.9 Å². The number of hydrogen-bond acceptors (Lipinski definition) is 6. The second-order valence-corrected chi connectivity index (χ2v) is 6.40. The van der Waals surface area contributed by atoms with Crippen LogP contribution in [0.5, 0.6) is 0 Å². The second kappa shape index (κ2) is 6.83. The number of benzene rings is 1. The van der Waals surface area contributed by atoms with Crippen molar-refractivity contribution in [3.8, 4) is 11.4 Å². The number of nitrogens with zero attached hydrogens (tertiary/aromatic N) is 8. The molecule has 0 saturated carbocycles. The van der Waals surface area contributed by atoms with Crippen LogP contribution in [0.15, 0.2) is 40.2 Å². The summed E-state index contributed by atoms with van der Waals surface area (Å²) in [7, 11) is 3.30. The second-order valence-electron chi connectivity index (χ2n) is 6.40. The third-order valence-corrected chi connectivity index (χ3v) is 4.50. The third-order valence-electron chi connectivity index (χ3n) is 4.50. The summed E-state index contributed by atoms with van der Waals surface area (Å²) in [5, 5.41) is 12.2. The molecule has 144 valence electrons. The minimum absolute atomic E-state index is 0.208. The first-order valence-electron chi connectivity index (χ1n) is 8.60. The standard InChI is InChI=1S/C17H17FN8O2/c1-23-10-19-15-13(23)16(27)25(17(28)24(15)2)8-3-9-26-21-14(20-22-26)11-4-6-12(18)7-5-11/h4-7,10H,3,8-9H2,1-2H3. The van der Waals surface area contributed by atoms with Gasteiger partial charge >= 0.3 is 5.69 Å². The number of hydrogen-bond donors (Lipinski definition) is 0. The monoisotopic (exact) mass is 384 g/mol. The number of tetrazole rings is 1. The Bertz CT molecular complexity index is 1270. The topological polar surface area (TPSA) is 105 Å². The van der Waals surface area contributed by atoms with E-state index in [2.05, 4.69) is 20.4 Å². The number of imidazole rings is 1. The smallest absolute Gasteiger partial charge is 0.328 e. The molecule has 3 heterocycles. The molecule has 0 atom stereocenters. The Kier molecular flexibility index (Phi) is 4.34. The molecule has 0 spiro atoms. The molecule has 0 radical (unpaired) electrons. The maximum Gasteiger partial charge on any atom is 0.332 e. The predicted molar refractivity (Wildman–Crippen MR) is 98.0 cm³/mol. The largest absolute Gasteiger partial charge is 0.332 e. The maximum atomic E-state index is 13.0. The van der Waals surface area contributed by atoms with Gasteiger partial charge in [0.2, 0.25) is 5.82 Å². The molecule has 0 aliphatic rings. The molecule has 0 unspecified atom stereocenters. The van der Waals surface area contributed by atoms with Gasteiger partial charge in [-0.15, -0.1) is 10.2 Å². The van der Waals surface area contributed by atoms with Gasteiger partial charge in [-0.25, -0.2) is 14.2 Å². The average molecular weight is 384 g/mol. The molecule has 0 amide bonds.